The van der Waals surface area contributed by atoms with Gasteiger partial charge in [0.25, 0.3) is 5.91 Å². The molecule has 0 unspecified atom stereocenters. The molecule has 4 rings (SSSR count). The zero-order chi connectivity index (χ0) is 25.0. The second-order valence-electron chi connectivity index (χ2n) is 10.6. The molecule has 3 aromatic rings. The van der Waals surface area contributed by atoms with E-state index in [0.717, 1.165) is 25.2 Å². The van der Waals surface area contributed by atoms with Crippen molar-refractivity contribution in [1.29, 1.82) is 0 Å². The molecule has 184 valence electrons. The molecule has 0 aliphatic carbocycles. The first kappa shape index (κ1) is 24.8. The Morgan fingerprint density at radius 3 is 2.49 bits per heavy atom. The van der Waals surface area contributed by atoms with Crippen LogP contribution in [0.2, 0.25) is 0 Å². The maximum absolute atomic E-state index is 12.4. The van der Waals surface area contributed by atoms with Gasteiger partial charge < -0.3 is 15.0 Å². The summed E-state index contributed by atoms with van der Waals surface area (Å²) in [6, 6.07) is 22.9. The van der Waals surface area contributed by atoms with Crippen molar-refractivity contribution < 1.29 is 14.3 Å². The van der Waals surface area contributed by atoms with E-state index in [0.29, 0.717) is 17.4 Å². The molecule has 0 radical (unpaired) electrons. The molecule has 0 bridgehead atoms. The van der Waals surface area contributed by atoms with Crippen LogP contribution in [-0.4, -0.2) is 37.1 Å². The van der Waals surface area contributed by atoms with Crippen LogP contribution < -0.4 is 10.2 Å². The van der Waals surface area contributed by atoms with Gasteiger partial charge in [0, 0.05) is 24.3 Å². The number of benzene rings is 3. The van der Waals surface area contributed by atoms with Gasteiger partial charge in [-0.3, -0.25) is 9.59 Å². The van der Waals surface area contributed by atoms with Crippen molar-refractivity contribution in [3.63, 3.8) is 0 Å². The molecule has 1 heterocycles. The van der Waals surface area contributed by atoms with Crippen molar-refractivity contribution in [2.75, 3.05) is 24.5 Å². The standard InChI is InChI=1S/C30H36N2O3/c1-21(26-11-7-9-23-8-5-6-10-27(23)26)18-22-16-17-32(20-22)25-14-12-24(13-15-25)29(34)31-19-28(33)35-30(2,3)4/h5-15,21-22H,16-20H2,1-4H3,(H,31,34)/t21-,22-/m0/s1. The van der Waals surface area contributed by atoms with E-state index in [2.05, 4.69) is 59.6 Å². The Morgan fingerprint density at radius 1 is 1.03 bits per heavy atom. The highest BCUT2D eigenvalue weighted by Crippen LogP contribution is 2.34. The Morgan fingerprint density at radius 2 is 1.74 bits per heavy atom. The van der Waals surface area contributed by atoms with Crippen molar-refractivity contribution >= 4 is 28.3 Å². The fourth-order valence-electron chi connectivity index (χ4n) is 5.02. The van der Waals surface area contributed by atoms with Gasteiger partial charge in [-0.05, 0) is 86.1 Å². The summed E-state index contributed by atoms with van der Waals surface area (Å²) in [7, 11) is 0. The van der Waals surface area contributed by atoms with Crippen LogP contribution in [0, 0.1) is 5.92 Å². The van der Waals surface area contributed by atoms with Crippen LogP contribution in [0.15, 0.2) is 66.7 Å². The number of anilines is 1. The molecule has 5 nitrogen and oxygen atoms in total. The molecule has 0 aromatic heterocycles. The van der Waals surface area contributed by atoms with E-state index in [1.807, 2.05) is 24.3 Å². The number of nitrogens with zero attached hydrogens (tertiary/aromatic N) is 1. The molecule has 2 atom stereocenters. The highest BCUT2D eigenvalue weighted by atomic mass is 16.6. The molecular weight excluding hydrogens is 436 g/mol. The van der Waals surface area contributed by atoms with Crippen LogP contribution in [0.25, 0.3) is 10.8 Å². The number of amides is 1. The Balaban J connectivity index is 1.31. The van der Waals surface area contributed by atoms with Crippen molar-refractivity contribution in [3.05, 3.63) is 77.9 Å². The van der Waals surface area contributed by atoms with Crippen LogP contribution in [-0.2, 0) is 9.53 Å². The van der Waals surface area contributed by atoms with E-state index in [-0.39, 0.29) is 12.5 Å². The molecule has 5 heteroatoms. The van der Waals surface area contributed by atoms with Crippen LogP contribution >= 0.6 is 0 Å². The second-order valence-corrected chi connectivity index (χ2v) is 10.6. The van der Waals surface area contributed by atoms with Crippen LogP contribution in [0.3, 0.4) is 0 Å². The molecular formula is C30H36N2O3. The van der Waals surface area contributed by atoms with Gasteiger partial charge in [0.2, 0.25) is 0 Å². The van der Waals surface area contributed by atoms with Crippen LogP contribution in [0.1, 0.15) is 62.4 Å². The zero-order valence-corrected chi connectivity index (χ0v) is 21.2. The Hall–Kier alpha value is -3.34. The highest BCUT2D eigenvalue weighted by molar-refractivity contribution is 5.96. The first-order chi connectivity index (χ1) is 16.7. The van der Waals surface area contributed by atoms with E-state index in [9.17, 15) is 9.59 Å². The van der Waals surface area contributed by atoms with Gasteiger partial charge >= 0.3 is 5.97 Å². The van der Waals surface area contributed by atoms with Gasteiger partial charge in [0.15, 0.2) is 0 Å². The monoisotopic (exact) mass is 472 g/mol. The third-order valence-electron chi connectivity index (χ3n) is 6.63. The topological polar surface area (TPSA) is 58.6 Å². The number of fused-ring (bicyclic) bond motifs is 1. The molecule has 1 aliphatic heterocycles. The molecule has 1 N–H and O–H groups in total. The van der Waals surface area contributed by atoms with E-state index >= 15 is 0 Å². The second kappa shape index (κ2) is 10.5. The summed E-state index contributed by atoms with van der Waals surface area (Å²) >= 11 is 0. The maximum Gasteiger partial charge on any atom is 0.325 e. The fourth-order valence-corrected chi connectivity index (χ4v) is 5.02. The molecule has 1 aliphatic rings. The van der Waals surface area contributed by atoms with Gasteiger partial charge in [-0.2, -0.15) is 0 Å². The van der Waals surface area contributed by atoms with Crippen molar-refractivity contribution in [1.82, 2.24) is 5.32 Å². The third-order valence-corrected chi connectivity index (χ3v) is 6.63. The Bertz CT molecular complexity index is 1170. The van der Waals surface area contributed by atoms with Gasteiger partial charge in [0.1, 0.15) is 12.1 Å². The quantitative estimate of drug-likeness (QED) is 0.433. The number of carbonyl (C=O) groups is 2. The third kappa shape index (κ3) is 6.41. The summed E-state index contributed by atoms with van der Waals surface area (Å²) in [5.74, 6) is 0.428. The van der Waals surface area contributed by atoms with E-state index < -0.39 is 11.6 Å². The number of carbonyl (C=O) groups excluding carboxylic acids is 2. The lowest BCUT2D eigenvalue weighted by atomic mass is 9.87. The Kier molecular flexibility index (Phi) is 7.44. The SMILES string of the molecule is C[C@@H](C[C@@H]1CCN(c2ccc(C(=O)NCC(=O)OC(C)(C)C)cc2)C1)c1cccc2ccccc12. The largest absolute Gasteiger partial charge is 0.459 e. The maximum atomic E-state index is 12.4. The lowest BCUT2D eigenvalue weighted by Gasteiger charge is -2.21. The molecule has 3 aromatic carbocycles. The van der Waals surface area contributed by atoms with Crippen LogP contribution in [0.4, 0.5) is 5.69 Å². The lowest BCUT2D eigenvalue weighted by Crippen LogP contribution is -2.34. The van der Waals surface area contributed by atoms with Crippen molar-refractivity contribution in [3.8, 4) is 0 Å². The summed E-state index contributed by atoms with van der Waals surface area (Å²) in [6.07, 6.45) is 2.34. The first-order valence-corrected chi connectivity index (χ1v) is 12.5. The minimum absolute atomic E-state index is 0.138. The number of hydrogen-bond acceptors (Lipinski definition) is 4. The fraction of sp³-hybridized carbons (Fsp3) is 0.400. The van der Waals surface area contributed by atoms with Gasteiger partial charge in [0.05, 0.1) is 0 Å². The molecule has 1 fully saturated rings. The molecule has 0 spiro atoms. The number of ether oxygens (including phenoxy) is 1. The van der Waals surface area contributed by atoms with Crippen LogP contribution in [0.5, 0.6) is 0 Å². The van der Waals surface area contributed by atoms with Gasteiger partial charge in [-0.1, -0.05) is 49.4 Å². The molecule has 1 saturated heterocycles. The highest BCUT2D eigenvalue weighted by Gasteiger charge is 2.25. The zero-order valence-electron chi connectivity index (χ0n) is 21.2. The van der Waals surface area contributed by atoms with Crippen molar-refractivity contribution in [2.24, 2.45) is 5.92 Å². The predicted octanol–water partition coefficient (Wildman–Crippen LogP) is 5.93. The summed E-state index contributed by atoms with van der Waals surface area (Å²) < 4.78 is 5.24. The minimum Gasteiger partial charge on any atom is -0.459 e. The first-order valence-electron chi connectivity index (χ1n) is 12.5. The average Bonchev–Trinajstić information content (AvgIpc) is 3.29. The Labute approximate surface area is 208 Å². The van der Waals surface area contributed by atoms with Gasteiger partial charge in [-0.25, -0.2) is 0 Å². The number of hydrogen-bond donors (Lipinski definition) is 1. The minimum atomic E-state index is -0.566. The molecule has 0 saturated carbocycles. The summed E-state index contributed by atoms with van der Waals surface area (Å²) in [6.45, 7) is 9.67. The summed E-state index contributed by atoms with van der Waals surface area (Å²) in [4.78, 5) is 26.7. The number of esters is 1. The van der Waals surface area contributed by atoms with Gasteiger partial charge in [-0.15, -0.1) is 0 Å². The number of rotatable bonds is 7. The summed E-state index contributed by atoms with van der Waals surface area (Å²) in [5.41, 5.74) is 2.54. The average molecular weight is 473 g/mol. The molecule has 35 heavy (non-hydrogen) atoms. The number of nitrogens with one attached hydrogen (secondary N) is 1. The van der Waals surface area contributed by atoms with E-state index in [4.69, 9.17) is 4.74 Å². The predicted molar refractivity (Wildman–Crippen MR) is 142 cm³/mol. The summed E-state index contributed by atoms with van der Waals surface area (Å²) in [5, 5.41) is 5.30. The lowest BCUT2D eigenvalue weighted by molar-refractivity contribution is -0.153. The normalized spacial score (nSPS) is 16.8. The van der Waals surface area contributed by atoms with E-state index in [1.54, 1.807) is 20.8 Å². The van der Waals surface area contributed by atoms with E-state index in [1.165, 1.54) is 22.8 Å². The van der Waals surface area contributed by atoms with Crippen molar-refractivity contribution in [2.45, 2.75) is 52.1 Å². The smallest absolute Gasteiger partial charge is 0.325 e. The molecule has 1 amide bonds.